The van der Waals surface area contributed by atoms with Gasteiger partial charge in [-0.05, 0) is 37.7 Å². The first-order chi connectivity index (χ1) is 9.63. The van der Waals surface area contributed by atoms with Crippen molar-refractivity contribution < 1.29 is 14.5 Å². The summed E-state index contributed by atoms with van der Waals surface area (Å²) in [4.78, 5) is 21.2. The number of hydrogen-bond acceptors (Lipinski definition) is 4. The van der Waals surface area contributed by atoms with Crippen molar-refractivity contribution in [1.29, 1.82) is 0 Å². The molecule has 0 heterocycles. The first kappa shape index (κ1) is 14.5. The van der Waals surface area contributed by atoms with Gasteiger partial charge in [-0.1, -0.05) is 13.3 Å². The van der Waals surface area contributed by atoms with Gasteiger partial charge in [0, 0.05) is 12.1 Å². The van der Waals surface area contributed by atoms with Crippen molar-refractivity contribution in [3.8, 4) is 5.75 Å². The van der Waals surface area contributed by atoms with Crippen molar-refractivity contribution in [2.24, 2.45) is 5.92 Å². The van der Waals surface area contributed by atoms with Crippen molar-refractivity contribution in [3.05, 3.63) is 33.9 Å². The van der Waals surface area contributed by atoms with Crippen molar-refractivity contribution in [2.45, 2.75) is 45.1 Å². The molecule has 0 unspecified atom stereocenters. The molecule has 5 nitrogen and oxygen atoms in total. The van der Waals surface area contributed by atoms with Crippen LogP contribution in [0.1, 0.15) is 49.4 Å². The molecule has 1 saturated carbocycles. The number of carbonyl (C=O) groups excluding carboxylic acids is 1. The molecule has 1 aliphatic carbocycles. The molecule has 0 spiro atoms. The van der Waals surface area contributed by atoms with Gasteiger partial charge in [0.25, 0.3) is 5.69 Å². The molecule has 0 N–H and O–H groups in total. The predicted molar refractivity (Wildman–Crippen MR) is 75.1 cm³/mol. The minimum atomic E-state index is -0.511. The van der Waals surface area contributed by atoms with Crippen LogP contribution in [-0.4, -0.2) is 17.3 Å². The molecule has 1 aromatic rings. The van der Waals surface area contributed by atoms with Gasteiger partial charge < -0.3 is 4.74 Å². The van der Waals surface area contributed by atoms with Crippen molar-refractivity contribution in [3.63, 3.8) is 0 Å². The van der Waals surface area contributed by atoms with Gasteiger partial charge in [-0.2, -0.15) is 0 Å². The molecule has 1 aliphatic rings. The second-order valence-electron chi connectivity index (χ2n) is 5.27. The lowest BCUT2D eigenvalue weighted by Crippen LogP contribution is -2.24. The molecule has 5 heteroatoms. The Bertz CT molecular complexity index is 493. The fourth-order valence-electron chi connectivity index (χ4n) is 2.69. The van der Waals surface area contributed by atoms with Crippen molar-refractivity contribution >= 4 is 12.0 Å². The maximum Gasteiger partial charge on any atom is 0.270 e. The molecule has 0 radical (unpaired) electrons. The first-order valence-electron chi connectivity index (χ1n) is 7.04. The van der Waals surface area contributed by atoms with E-state index in [-0.39, 0.29) is 17.4 Å². The summed E-state index contributed by atoms with van der Waals surface area (Å²) in [5, 5.41) is 10.7. The van der Waals surface area contributed by atoms with Crippen LogP contribution in [0.4, 0.5) is 5.69 Å². The van der Waals surface area contributed by atoms with E-state index in [0.29, 0.717) is 12.0 Å². The zero-order valence-electron chi connectivity index (χ0n) is 11.6. The van der Waals surface area contributed by atoms with Crippen LogP contribution in [-0.2, 0) is 0 Å². The van der Waals surface area contributed by atoms with Crippen LogP contribution in [0, 0.1) is 16.0 Å². The third kappa shape index (κ3) is 3.35. The summed E-state index contributed by atoms with van der Waals surface area (Å²) in [5.74, 6) is 1.22. The van der Waals surface area contributed by atoms with Gasteiger partial charge in [0.05, 0.1) is 16.6 Å². The highest BCUT2D eigenvalue weighted by Gasteiger charge is 2.22. The SMILES string of the molecule is CCC1CCC(Oc2ccc([N+](=O)[O-])cc2C=O)CC1. The third-order valence-electron chi connectivity index (χ3n) is 4.00. The summed E-state index contributed by atoms with van der Waals surface area (Å²) in [7, 11) is 0. The summed E-state index contributed by atoms with van der Waals surface area (Å²) < 4.78 is 5.85. The molecular formula is C15H19NO4. The Labute approximate surface area is 118 Å². The topological polar surface area (TPSA) is 69.4 Å². The largest absolute Gasteiger partial charge is 0.490 e. The van der Waals surface area contributed by atoms with E-state index < -0.39 is 4.92 Å². The van der Waals surface area contributed by atoms with Crippen LogP contribution in [0.25, 0.3) is 0 Å². The lowest BCUT2D eigenvalue weighted by molar-refractivity contribution is -0.384. The van der Waals surface area contributed by atoms with Crippen LogP contribution in [0.5, 0.6) is 5.75 Å². The Balaban J connectivity index is 2.06. The maximum atomic E-state index is 11.0. The first-order valence-corrected chi connectivity index (χ1v) is 7.04. The molecule has 0 atom stereocenters. The number of benzene rings is 1. The minimum Gasteiger partial charge on any atom is -0.490 e. The number of nitro benzene ring substituents is 1. The van der Waals surface area contributed by atoms with E-state index in [1.54, 1.807) is 0 Å². The van der Waals surface area contributed by atoms with Gasteiger partial charge in [-0.15, -0.1) is 0 Å². The van der Waals surface area contributed by atoms with Crippen molar-refractivity contribution in [2.75, 3.05) is 0 Å². The smallest absolute Gasteiger partial charge is 0.270 e. The Hall–Kier alpha value is -1.91. The van der Waals surface area contributed by atoms with Gasteiger partial charge in [0.15, 0.2) is 6.29 Å². The van der Waals surface area contributed by atoms with E-state index >= 15 is 0 Å². The zero-order valence-corrected chi connectivity index (χ0v) is 11.6. The lowest BCUT2D eigenvalue weighted by Gasteiger charge is -2.28. The fourth-order valence-corrected chi connectivity index (χ4v) is 2.69. The molecule has 108 valence electrons. The number of ether oxygens (including phenoxy) is 1. The number of nitrogens with zero attached hydrogens (tertiary/aromatic N) is 1. The molecule has 0 aromatic heterocycles. The highest BCUT2D eigenvalue weighted by Crippen LogP contribution is 2.31. The molecule has 0 bridgehead atoms. The highest BCUT2D eigenvalue weighted by atomic mass is 16.6. The van der Waals surface area contributed by atoms with Crippen LogP contribution < -0.4 is 4.74 Å². The van der Waals surface area contributed by atoms with Crippen LogP contribution >= 0.6 is 0 Å². The quantitative estimate of drug-likeness (QED) is 0.467. The molecule has 1 fully saturated rings. The van der Waals surface area contributed by atoms with Gasteiger partial charge >= 0.3 is 0 Å². The Morgan fingerprint density at radius 3 is 2.60 bits per heavy atom. The van der Waals surface area contributed by atoms with E-state index in [2.05, 4.69) is 6.92 Å². The molecule has 1 aromatic carbocycles. The number of carbonyl (C=O) groups is 1. The van der Waals surface area contributed by atoms with Gasteiger partial charge in [0.2, 0.25) is 0 Å². The number of nitro groups is 1. The second kappa shape index (κ2) is 6.50. The normalized spacial score (nSPS) is 22.2. The Morgan fingerprint density at radius 2 is 2.05 bits per heavy atom. The number of hydrogen-bond donors (Lipinski definition) is 0. The van der Waals surface area contributed by atoms with Crippen LogP contribution in [0.2, 0.25) is 0 Å². The molecule has 20 heavy (non-hydrogen) atoms. The molecule has 0 saturated heterocycles. The number of rotatable bonds is 5. The average Bonchev–Trinajstić information content (AvgIpc) is 2.48. The van der Waals surface area contributed by atoms with Crippen molar-refractivity contribution in [1.82, 2.24) is 0 Å². The zero-order chi connectivity index (χ0) is 14.5. The lowest BCUT2D eigenvalue weighted by atomic mass is 9.86. The van der Waals surface area contributed by atoms with Gasteiger partial charge in [0.1, 0.15) is 5.75 Å². The number of non-ortho nitro benzene ring substituents is 1. The highest BCUT2D eigenvalue weighted by molar-refractivity contribution is 5.80. The standard InChI is InChI=1S/C15H19NO4/c1-2-11-3-6-14(7-4-11)20-15-8-5-13(16(18)19)9-12(15)10-17/h5,8-11,14H,2-4,6-7H2,1H3. The third-order valence-corrected chi connectivity index (χ3v) is 4.00. The maximum absolute atomic E-state index is 11.0. The average molecular weight is 277 g/mol. The Kier molecular flexibility index (Phi) is 4.71. The van der Waals surface area contributed by atoms with E-state index in [4.69, 9.17) is 4.74 Å². The molecule has 2 rings (SSSR count). The minimum absolute atomic E-state index is 0.0888. The van der Waals surface area contributed by atoms with Crippen LogP contribution in [0.3, 0.4) is 0 Å². The summed E-state index contributed by atoms with van der Waals surface area (Å²) in [6.07, 6.45) is 6.17. The molecule has 0 aliphatic heterocycles. The van der Waals surface area contributed by atoms with E-state index in [1.165, 1.54) is 24.6 Å². The molecular weight excluding hydrogens is 258 g/mol. The Morgan fingerprint density at radius 1 is 1.35 bits per heavy atom. The fraction of sp³-hybridized carbons (Fsp3) is 0.533. The van der Waals surface area contributed by atoms with E-state index in [9.17, 15) is 14.9 Å². The van der Waals surface area contributed by atoms with E-state index in [1.807, 2.05) is 0 Å². The monoisotopic (exact) mass is 277 g/mol. The predicted octanol–water partition coefficient (Wildman–Crippen LogP) is 3.75. The second-order valence-corrected chi connectivity index (χ2v) is 5.27. The summed E-state index contributed by atoms with van der Waals surface area (Å²) in [6.45, 7) is 2.20. The summed E-state index contributed by atoms with van der Waals surface area (Å²) in [5.41, 5.74) is 0.158. The summed E-state index contributed by atoms with van der Waals surface area (Å²) in [6, 6.07) is 4.16. The molecule has 0 amide bonds. The van der Waals surface area contributed by atoms with Crippen LogP contribution in [0.15, 0.2) is 18.2 Å². The summed E-state index contributed by atoms with van der Waals surface area (Å²) >= 11 is 0. The number of aldehydes is 1. The van der Waals surface area contributed by atoms with Gasteiger partial charge in [-0.25, -0.2) is 0 Å². The van der Waals surface area contributed by atoms with Gasteiger partial charge in [-0.3, -0.25) is 14.9 Å². The van der Waals surface area contributed by atoms with E-state index in [0.717, 1.165) is 31.6 Å².